The monoisotopic (exact) mass is 417 g/mol. The number of thiazole rings is 1. The number of nitrogens with two attached hydrogens (primary N) is 1. The summed E-state index contributed by atoms with van der Waals surface area (Å²) in [6.07, 6.45) is 4.06. The number of thiophene rings is 1. The zero-order valence-electron chi connectivity index (χ0n) is 14.6. The van der Waals surface area contributed by atoms with E-state index in [9.17, 15) is 9.59 Å². The number of primary amides is 1. The highest BCUT2D eigenvalue weighted by molar-refractivity contribution is 8.01. The maximum absolute atomic E-state index is 12.3. The Kier molecular flexibility index (Phi) is 5.47. The molecule has 140 valence electrons. The van der Waals surface area contributed by atoms with Crippen LogP contribution in [0.2, 0.25) is 0 Å². The molecule has 3 N–H and O–H groups in total. The summed E-state index contributed by atoms with van der Waals surface area (Å²) in [6.45, 7) is 0. The number of nitrogens with one attached hydrogen (secondary N) is 1. The zero-order chi connectivity index (χ0) is 18.8. The molecule has 3 aromatic rings. The van der Waals surface area contributed by atoms with Gasteiger partial charge in [-0.2, -0.15) is 0 Å². The van der Waals surface area contributed by atoms with Crippen LogP contribution in [0.25, 0.3) is 10.2 Å². The van der Waals surface area contributed by atoms with Crippen LogP contribution in [-0.2, 0) is 17.6 Å². The first kappa shape index (κ1) is 18.5. The second-order valence-corrected chi connectivity index (χ2v) is 9.85. The summed E-state index contributed by atoms with van der Waals surface area (Å²) in [5, 5.41) is 3.52. The lowest BCUT2D eigenvalue weighted by molar-refractivity contribution is -0.116. The van der Waals surface area contributed by atoms with Crippen LogP contribution in [0.5, 0.6) is 0 Å². The molecular formula is C19H19N3O2S3. The molecule has 0 saturated carbocycles. The number of aryl methyl sites for hydroxylation is 1. The predicted octanol–water partition coefficient (Wildman–Crippen LogP) is 4.46. The summed E-state index contributed by atoms with van der Waals surface area (Å²) in [5.41, 5.74) is 8.11. The second-order valence-electron chi connectivity index (χ2n) is 6.37. The number of hydrogen-bond donors (Lipinski definition) is 2. The molecule has 0 bridgehead atoms. The minimum atomic E-state index is -0.448. The SMILES string of the molecule is NC(=O)c1c(NC(=O)CCCSc2nc3ccccc3s2)sc2c1CCC2. The Balaban J connectivity index is 1.29. The summed E-state index contributed by atoms with van der Waals surface area (Å²) >= 11 is 4.85. The molecule has 1 aliphatic rings. The molecule has 2 amide bonds. The number of thioether (sulfide) groups is 1. The highest BCUT2D eigenvalue weighted by atomic mass is 32.2. The smallest absolute Gasteiger partial charge is 0.251 e. The van der Waals surface area contributed by atoms with Gasteiger partial charge in [0.2, 0.25) is 5.91 Å². The molecule has 2 heterocycles. The van der Waals surface area contributed by atoms with Crippen molar-refractivity contribution in [2.24, 2.45) is 5.73 Å². The zero-order valence-corrected chi connectivity index (χ0v) is 17.1. The molecule has 1 aliphatic carbocycles. The van der Waals surface area contributed by atoms with Crippen LogP contribution in [0, 0.1) is 0 Å². The van der Waals surface area contributed by atoms with Crippen molar-refractivity contribution in [3.05, 3.63) is 40.3 Å². The minimum absolute atomic E-state index is 0.0673. The first-order chi connectivity index (χ1) is 13.1. The average Bonchev–Trinajstić information content (AvgIpc) is 3.31. The highest BCUT2D eigenvalue weighted by Gasteiger charge is 2.25. The van der Waals surface area contributed by atoms with Gasteiger partial charge in [0.15, 0.2) is 4.34 Å². The van der Waals surface area contributed by atoms with Crippen molar-refractivity contribution < 1.29 is 9.59 Å². The lowest BCUT2D eigenvalue weighted by Gasteiger charge is -2.05. The molecule has 4 rings (SSSR count). The molecule has 0 unspecified atom stereocenters. The average molecular weight is 418 g/mol. The molecule has 0 saturated heterocycles. The lowest BCUT2D eigenvalue weighted by Crippen LogP contribution is -2.17. The number of carbonyl (C=O) groups excluding carboxylic acids is 2. The largest absolute Gasteiger partial charge is 0.365 e. The molecule has 0 aliphatic heterocycles. The third kappa shape index (κ3) is 4.02. The molecule has 0 spiro atoms. The van der Waals surface area contributed by atoms with Crippen molar-refractivity contribution in [3.8, 4) is 0 Å². The van der Waals surface area contributed by atoms with Crippen molar-refractivity contribution >= 4 is 61.5 Å². The van der Waals surface area contributed by atoms with E-state index in [2.05, 4.69) is 16.4 Å². The molecule has 27 heavy (non-hydrogen) atoms. The third-order valence-corrected chi connectivity index (χ3v) is 7.94. The van der Waals surface area contributed by atoms with Crippen LogP contribution < -0.4 is 11.1 Å². The van der Waals surface area contributed by atoms with Gasteiger partial charge in [-0.3, -0.25) is 9.59 Å². The van der Waals surface area contributed by atoms with E-state index in [0.29, 0.717) is 17.0 Å². The number of carbonyl (C=O) groups is 2. The predicted molar refractivity (Wildman–Crippen MR) is 113 cm³/mol. The molecule has 0 fully saturated rings. The van der Waals surface area contributed by atoms with Crippen LogP contribution in [-0.4, -0.2) is 22.6 Å². The van der Waals surface area contributed by atoms with Crippen molar-refractivity contribution in [1.82, 2.24) is 4.98 Å². The Morgan fingerprint density at radius 2 is 2.07 bits per heavy atom. The van der Waals surface area contributed by atoms with Gasteiger partial charge in [0.05, 0.1) is 15.8 Å². The Labute approximate surface area is 169 Å². The van der Waals surface area contributed by atoms with Crippen molar-refractivity contribution in [1.29, 1.82) is 0 Å². The van der Waals surface area contributed by atoms with Gasteiger partial charge in [0.1, 0.15) is 5.00 Å². The number of fused-ring (bicyclic) bond motifs is 2. The maximum atomic E-state index is 12.3. The fourth-order valence-corrected chi connectivity index (χ4v) is 6.64. The molecule has 2 aromatic heterocycles. The summed E-state index contributed by atoms with van der Waals surface area (Å²) in [4.78, 5) is 29.8. The quantitative estimate of drug-likeness (QED) is 0.439. The highest BCUT2D eigenvalue weighted by Crippen LogP contribution is 2.39. The number of nitrogens with zero attached hydrogens (tertiary/aromatic N) is 1. The van der Waals surface area contributed by atoms with Crippen molar-refractivity contribution in [3.63, 3.8) is 0 Å². The van der Waals surface area contributed by atoms with E-state index >= 15 is 0 Å². The van der Waals surface area contributed by atoms with Gasteiger partial charge in [0.25, 0.3) is 5.91 Å². The Hall–Kier alpha value is -1.90. The van der Waals surface area contributed by atoms with E-state index in [1.54, 1.807) is 23.1 Å². The first-order valence-corrected chi connectivity index (χ1v) is 11.5. The van der Waals surface area contributed by atoms with Gasteiger partial charge < -0.3 is 11.1 Å². The first-order valence-electron chi connectivity index (χ1n) is 8.84. The van der Waals surface area contributed by atoms with Crippen LogP contribution >= 0.6 is 34.4 Å². The summed E-state index contributed by atoms with van der Waals surface area (Å²) in [6, 6.07) is 8.08. The third-order valence-electron chi connectivity index (χ3n) is 4.47. The van der Waals surface area contributed by atoms with Gasteiger partial charge in [-0.25, -0.2) is 4.98 Å². The van der Waals surface area contributed by atoms with E-state index in [0.717, 1.165) is 46.9 Å². The van der Waals surface area contributed by atoms with Crippen molar-refractivity contribution in [2.75, 3.05) is 11.1 Å². The lowest BCUT2D eigenvalue weighted by atomic mass is 10.1. The van der Waals surface area contributed by atoms with Crippen LogP contribution in [0.4, 0.5) is 5.00 Å². The number of benzene rings is 1. The normalized spacial score (nSPS) is 13.0. The van der Waals surface area contributed by atoms with Gasteiger partial charge in [-0.1, -0.05) is 23.9 Å². The van der Waals surface area contributed by atoms with E-state index < -0.39 is 5.91 Å². The number of hydrogen-bond acceptors (Lipinski definition) is 6. The molecule has 0 atom stereocenters. The number of amides is 2. The molecule has 0 radical (unpaired) electrons. The topological polar surface area (TPSA) is 85.1 Å². The molecular weight excluding hydrogens is 398 g/mol. The maximum Gasteiger partial charge on any atom is 0.251 e. The van der Waals surface area contributed by atoms with Gasteiger partial charge in [0, 0.05) is 17.1 Å². The summed E-state index contributed by atoms with van der Waals surface area (Å²) in [7, 11) is 0. The number of aromatic nitrogens is 1. The summed E-state index contributed by atoms with van der Waals surface area (Å²) < 4.78 is 2.21. The molecule has 1 aromatic carbocycles. The molecule has 5 nitrogen and oxygen atoms in total. The van der Waals surface area contributed by atoms with Crippen LogP contribution in [0.3, 0.4) is 0 Å². The van der Waals surface area contributed by atoms with E-state index in [-0.39, 0.29) is 5.91 Å². The van der Waals surface area contributed by atoms with E-state index in [4.69, 9.17) is 5.73 Å². The van der Waals surface area contributed by atoms with E-state index in [1.807, 2.05) is 18.2 Å². The number of para-hydroxylation sites is 1. The van der Waals surface area contributed by atoms with Gasteiger partial charge in [-0.15, -0.1) is 22.7 Å². The van der Waals surface area contributed by atoms with Crippen LogP contribution in [0.15, 0.2) is 28.6 Å². The molecule has 8 heteroatoms. The number of anilines is 1. The Morgan fingerprint density at radius 3 is 2.89 bits per heavy atom. The minimum Gasteiger partial charge on any atom is -0.365 e. The van der Waals surface area contributed by atoms with Crippen LogP contribution in [0.1, 0.15) is 40.1 Å². The van der Waals surface area contributed by atoms with Crippen molar-refractivity contribution in [2.45, 2.75) is 36.4 Å². The Bertz CT molecular complexity index is 976. The second kappa shape index (κ2) is 8.00. The summed E-state index contributed by atoms with van der Waals surface area (Å²) in [5.74, 6) is 0.315. The fraction of sp³-hybridized carbons (Fsp3) is 0.316. The standard InChI is InChI=1S/C19H19N3O2S3/c20-17(24)16-11-5-3-8-13(11)26-18(16)22-15(23)9-4-10-25-19-21-12-6-1-2-7-14(12)27-19/h1-2,6-7H,3-5,8-10H2,(H2,20,24)(H,22,23). The fourth-order valence-electron chi connectivity index (χ4n) is 3.25. The Morgan fingerprint density at radius 1 is 1.22 bits per heavy atom. The van der Waals surface area contributed by atoms with Gasteiger partial charge in [-0.05, 0) is 43.4 Å². The number of rotatable bonds is 7. The van der Waals surface area contributed by atoms with E-state index in [1.165, 1.54) is 20.9 Å². The van der Waals surface area contributed by atoms with Gasteiger partial charge >= 0.3 is 0 Å².